The average Bonchev–Trinajstić information content (AvgIpc) is 1.55. The van der Waals surface area contributed by atoms with E-state index in [0.29, 0.717) is 39.7 Å². The van der Waals surface area contributed by atoms with E-state index < -0.39 is 11.7 Å². The van der Waals surface area contributed by atoms with Crippen LogP contribution in [0.5, 0.6) is 0 Å². The molecule has 23 aromatic rings. The van der Waals surface area contributed by atoms with Crippen LogP contribution in [-0.2, 0) is 6.18 Å². The maximum atomic E-state index is 17.2. The highest BCUT2D eigenvalue weighted by Gasteiger charge is 2.36. The van der Waals surface area contributed by atoms with Crippen LogP contribution in [0.1, 0.15) is 5.56 Å². The Morgan fingerprint density at radius 3 is 0.777 bits per heavy atom. The fourth-order valence-corrected chi connectivity index (χ4v) is 18.2. The van der Waals surface area contributed by atoms with Crippen LogP contribution in [0.3, 0.4) is 0 Å². The van der Waals surface area contributed by atoms with Crippen molar-refractivity contribution in [2.75, 3.05) is 0 Å². The van der Waals surface area contributed by atoms with Gasteiger partial charge in [-0.15, -0.1) is 0 Å². The molecule has 0 saturated heterocycles. The first kappa shape index (κ1) is 63.3. The highest BCUT2D eigenvalue weighted by molar-refractivity contribution is 6.17. The molecular weight excluding hydrogens is 1380 g/mol. The Morgan fingerprint density at radius 2 is 0.464 bits per heavy atom. The summed E-state index contributed by atoms with van der Waals surface area (Å²) in [7, 11) is 0. The van der Waals surface area contributed by atoms with Gasteiger partial charge in [-0.25, -0.2) is 9.97 Å². The molecule has 8 nitrogen and oxygen atoms in total. The zero-order valence-electron chi connectivity index (χ0n) is 59.9. The molecule has 0 N–H and O–H groups in total. The molecule has 0 radical (unpaired) electrons. The van der Waals surface area contributed by atoms with Crippen LogP contribution >= 0.6 is 0 Å². The van der Waals surface area contributed by atoms with Crippen molar-refractivity contribution in [2.45, 2.75) is 6.18 Å². The van der Waals surface area contributed by atoms with Crippen LogP contribution in [0.4, 0.5) is 13.2 Å². The van der Waals surface area contributed by atoms with Gasteiger partial charge < -0.3 is 27.4 Å². The summed E-state index contributed by atoms with van der Waals surface area (Å²) in [5, 5.41) is 12.7. The van der Waals surface area contributed by atoms with Gasteiger partial charge >= 0.3 is 6.18 Å². The van der Waals surface area contributed by atoms with E-state index in [1.165, 1.54) is 6.07 Å². The number of halogens is 3. The molecule has 0 unspecified atom stereocenters. The molecular formula is C101H61F3N8. The van der Waals surface area contributed by atoms with Crippen molar-refractivity contribution >= 4 is 131 Å². The number of hydrogen-bond donors (Lipinski definition) is 0. The monoisotopic (exact) mass is 1440 g/mol. The Hall–Kier alpha value is -14.8. The summed E-state index contributed by atoms with van der Waals surface area (Å²) in [5.74, 6) is 0.354. The number of hydrogen-bond acceptors (Lipinski definition) is 2. The molecule has 0 saturated carbocycles. The van der Waals surface area contributed by atoms with Gasteiger partial charge in [0.15, 0.2) is 5.82 Å². The van der Waals surface area contributed by atoms with Gasteiger partial charge in [-0.1, -0.05) is 206 Å². The predicted octanol–water partition coefficient (Wildman–Crippen LogP) is 26.7. The van der Waals surface area contributed by atoms with Crippen molar-refractivity contribution < 1.29 is 13.2 Å². The first-order chi connectivity index (χ1) is 55.2. The summed E-state index contributed by atoms with van der Waals surface area (Å²) in [6.45, 7) is 0. The van der Waals surface area contributed by atoms with E-state index in [1.807, 2.05) is 84.9 Å². The molecule has 0 amide bonds. The number of alkyl halides is 3. The maximum absolute atomic E-state index is 17.2. The Kier molecular flexibility index (Phi) is 13.8. The van der Waals surface area contributed by atoms with Gasteiger partial charge in [-0.3, -0.25) is 0 Å². The summed E-state index contributed by atoms with van der Waals surface area (Å²) >= 11 is 0. The van der Waals surface area contributed by atoms with Crippen molar-refractivity contribution in [1.82, 2.24) is 37.4 Å². The molecule has 23 rings (SSSR count). The largest absolute Gasteiger partial charge is 0.417 e. The van der Waals surface area contributed by atoms with Gasteiger partial charge in [0.05, 0.1) is 88.8 Å². The molecule has 0 fully saturated rings. The fraction of sp³-hybridized carbons (Fsp3) is 0.00990. The third-order valence-electron chi connectivity index (χ3n) is 23.0. The zero-order valence-corrected chi connectivity index (χ0v) is 59.9. The molecule has 112 heavy (non-hydrogen) atoms. The molecule has 0 aliphatic carbocycles. The number of aromatic nitrogens is 8. The molecule has 0 atom stereocenters. The molecule has 0 spiro atoms. The molecule has 11 heteroatoms. The van der Waals surface area contributed by atoms with Gasteiger partial charge in [-0.05, 0) is 169 Å². The lowest BCUT2D eigenvalue weighted by molar-refractivity contribution is -0.137. The third-order valence-corrected chi connectivity index (χ3v) is 23.0. The lowest BCUT2D eigenvalue weighted by Gasteiger charge is -2.21. The zero-order chi connectivity index (χ0) is 74.0. The van der Waals surface area contributed by atoms with Gasteiger partial charge in [-0.2, -0.15) is 13.2 Å². The minimum Gasteiger partial charge on any atom is -0.309 e. The van der Waals surface area contributed by atoms with E-state index >= 15 is 13.2 Å². The molecule has 0 aliphatic rings. The molecule has 0 bridgehead atoms. The fourth-order valence-electron chi connectivity index (χ4n) is 18.2. The van der Waals surface area contributed by atoms with Crippen LogP contribution in [0.25, 0.3) is 210 Å². The van der Waals surface area contributed by atoms with Crippen molar-refractivity contribution in [3.63, 3.8) is 0 Å². The van der Waals surface area contributed by atoms with Crippen molar-refractivity contribution in [2.24, 2.45) is 0 Å². The Bertz CT molecular complexity index is 7270. The smallest absolute Gasteiger partial charge is 0.309 e. The Balaban J connectivity index is 0.811. The van der Waals surface area contributed by atoms with Crippen LogP contribution in [0, 0.1) is 0 Å². The summed E-state index contributed by atoms with van der Waals surface area (Å²) in [4.78, 5) is 10.7. The summed E-state index contributed by atoms with van der Waals surface area (Å²) in [5.41, 5.74) is 19.6. The van der Waals surface area contributed by atoms with E-state index in [1.54, 1.807) is 12.1 Å². The normalized spacial score (nSPS) is 12.2. The van der Waals surface area contributed by atoms with E-state index in [2.05, 4.69) is 294 Å². The van der Waals surface area contributed by atoms with Crippen LogP contribution in [0.2, 0.25) is 0 Å². The number of rotatable bonds is 10. The van der Waals surface area contributed by atoms with E-state index in [4.69, 9.17) is 9.97 Å². The van der Waals surface area contributed by atoms with Crippen LogP contribution in [0.15, 0.2) is 370 Å². The van der Waals surface area contributed by atoms with Gasteiger partial charge in [0.2, 0.25) is 0 Å². The number of benzene rings is 16. The van der Waals surface area contributed by atoms with Crippen molar-refractivity contribution in [1.29, 1.82) is 0 Å². The SMILES string of the molecule is FC(F)(F)c1ccc(-n2c3ccc(-n4c5ccccc5c5ccccc54)cc3c3cc(-n4c5ccccc5c5ccccc54)ccc32)cc1-c1cc(-c2nc(-c3ccccc3)cc(-c3ccccc3)n2)ccc1-n1c2ccc(-n3c4ccccc4c4ccccc43)cc2c2cc(-n3c4ccccc4c4ccccc43)ccc21. The third kappa shape index (κ3) is 9.56. The second kappa shape index (κ2) is 24.4. The van der Waals surface area contributed by atoms with E-state index in [9.17, 15) is 0 Å². The summed E-state index contributed by atoms with van der Waals surface area (Å²) in [6.07, 6.45) is -4.85. The van der Waals surface area contributed by atoms with Crippen LogP contribution < -0.4 is 0 Å². The van der Waals surface area contributed by atoms with Crippen molar-refractivity contribution in [3.8, 4) is 79.2 Å². The lowest BCUT2D eigenvalue weighted by Crippen LogP contribution is -2.10. The van der Waals surface area contributed by atoms with Gasteiger partial charge in [0, 0.05) is 115 Å². The molecule has 0 aliphatic heterocycles. The quantitative estimate of drug-likeness (QED) is 0.137. The minimum absolute atomic E-state index is 0.0260. The van der Waals surface area contributed by atoms with E-state index in [-0.39, 0.29) is 5.56 Å². The highest BCUT2D eigenvalue weighted by atomic mass is 19.4. The summed E-state index contributed by atoms with van der Waals surface area (Å²) in [6, 6.07) is 127. The lowest BCUT2D eigenvalue weighted by atomic mass is 9.94. The number of nitrogens with zero attached hydrogens (tertiary/aromatic N) is 8. The topological polar surface area (TPSA) is 55.4 Å². The number of fused-ring (bicyclic) bond motifs is 18. The first-order valence-electron chi connectivity index (χ1n) is 37.7. The Morgan fingerprint density at radius 1 is 0.196 bits per heavy atom. The molecule has 7 aromatic heterocycles. The molecule has 7 heterocycles. The predicted molar refractivity (Wildman–Crippen MR) is 455 cm³/mol. The van der Waals surface area contributed by atoms with Crippen LogP contribution in [-0.4, -0.2) is 37.4 Å². The van der Waals surface area contributed by atoms with Gasteiger partial charge in [0.1, 0.15) is 0 Å². The standard InChI is InChI=1S/C101H61F3N8/c102-101(103,104)84-49-44-65(111-95-51-45-66(107-87-35-15-7-27-70(87)71-28-8-16-36-88(71)107)57-80(95)81-58-67(46-52-96(81)111)108-89-37-17-9-29-72(89)73-30-10-18-38-90(73)108)56-78(84)79-55-64(100-105-85(62-23-3-1-4-24-62)61-86(106-100)63-25-5-2-6-26-63)43-50-97(79)112-98-53-47-68(109-91-39-19-11-31-74(91)75-32-12-20-40-92(75)109)59-82(98)83-60-69(48-54-99(83)112)110-93-41-21-13-33-76(93)77-34-14-22-42-94(77)110/h1-61H. The molecule has 16 aromatic carbocycles. The Labute approximate surface area is 638 Å². The first-order valence-corrected chi connectivity index (χ1v) is 37.7. The maximum Gasteiger partial charge on any atom is 0.417 e. The average molecular weight is 1440 g/mol. The second-order valence-electron chi connectivity index (χ2n) is 29.1. The number of para-hydroxylation sites is 8. The summed E-state index contributed by atoms with van der Waals surface area (Å²) < 4.78 is 65.1. The van der Waals surface area contributed by atoms with Gasteiger partial charge in [0.25, 0.3) is 0 Å². The van der Waals surface area contributed by atoms with Crippen molar-refractivity contribution in [3.05, 3.63) is 376 Å². The second-order valence-corrected chi connectivity index (χ2v) is 29.1. The van der Waals surface area contributed by atoms with E-state index in [0.717, 1.165) is 165 Å². The highest BCUT2D eigenvalue weighted by Crippen LogP contribution is 2.48. The molecule has 526 valence electrons. The minimum atomic E-state index is -4.85.